The zero-order valence-electron chi connectivity index (χ0n) is 10.2. The lowest BCUT2D eigenvalue weighted by molar-refractivity contribution is -0.137. The Morgan fingerprint density at radius 1 is 1.32 bits per heavy atom. The second-order valence-electron chi connectivity index (χ2n) is 5.10. The molecule has 1 unspecified atom stereocenters. The van der Waals surface area contributed by atoms with Gasteiger partial charge in [-0.05, 0) is 24.1 Å². The molecule has 2 aliphatic rings. The Labute approximate surface area is 109 Å². The predicted octanol–water partition coefficient (Wildman–Crippen LogP) is 1.40. The Hall–Kier alpha value is -1.27. The number of hydrogen-bond donors (Lipinski definition) is 2. The van der Waals surface area contributed by atoms with Crippen molar-refractivity contribution in [2.75, 3.05) is 24.6 Å². The second kappa shape index (κ2) is 4.38. The highest BCUT2D eigenvalue weighted by atomic mass is 19.4. The van der Waals surface area contributed by atoms with Crippen LogP contribution in [0.25, 0.3) is 0 Å². The number of rotatable bonds is 1. The number of fused-ring (bicyclic) bond motifs is 3. The largest absolute Gasteiger partial charge is 0.416 e. The lowest BCUT2D eigenvalue weighted by Crippen LogP contribution is -2.57. The van der Waals surface area contributed by atoms with Gasteiger partial charge >= 0.3 is 6.18 Å². The molecule has 1 fully saturated rings. The minimum absolute atomic E-state index is 0.0564. The number of aliphatic hydroxyl groups is 1. The first-order chi connectivity index (χ1) is 9.00. The molecule has 0 bridgehead atoms. The summed E-state index contributed by atoms with van der Waals surface area (Å²) in [6.07, 6.45) is -3.59. The monoisotopic (exact) mass is 272 g/mol. The van der Waals surface area contributed by atoms with Gasteiger partial charge in [-0.15, -0.1) is 0 Å². The number of nitrogens with zero attached hydrogens (tertiary/aromatic N) is 1. The smallest absolute Gasteiger partial charge is 0.394 e. The molecule has 104 valence electrons. The molecule has 6 heteroatoms. The molecule has 0 spiro atoms. The van der Waals surface area contributed by atoms with Gasteiger partial charge in [0, 0.05) is 24.8 Å². The van der Waals surface area contributed by atoms with E-state index in [0.717, 1.165) is 24.6 Å². The van der Waals surface area contributed by atoms with E-state index >= 15 is 0 Å². The second-order valence-corrected chi connectivity index (χ2v) is 5.10. The van der Waals surface area contributed by atoms with E-state index in [2.05, 4.69) is 5.32 Å². The molecule has 1 aromatic carbocycles. The first kappa shape index (κ1) is 12.7. The quantitative estimate of drug-likeness (QED) is 0.811. The average molecular weight is 272 g/mol. The summed E-state index contributed by atoms with van der Waals surface area (Å²) in [5.41, 5.74) is 0.933. The van der Waals surface area contributed by atoms with E-state index in [9.17, 15) is 18.3 Å². The molecule has 0 aromatic heterocycles. The third-order valence-corrected chi connectivity index (χ3v) is 3.90. The number of halogens is 3. The van der Waals surface area contributed by atoms with Crippen LogP contribution in [0, 0.1) is 0 Å². The van der Waals surface area contributed by atoms with Gasteiger partial charge in [0.1, 0.15) is 0 Å². The van der Waals surface area contributed by atoms with Crippen molar-refractivity contribution in [3.63, 3.8) is 0 Å². The summed E-state index contributed by atoms with van der Waals surface area (Å²) >= 11 is 0. The van der Waals surface area contributed by atoms with Crippen LogP contribution in [-0.4, -0.2) is 36.9 Å². The molecule has 3 rings (SSSR count). The highest BCUT2D eigenvalue weighted by Gasteiger charge is 2.39. The molecular formula is C13H15F3N2O. The van der Waals surface area contributed by atoms with E-state index in [1.54, 1.807) is 6.07 Å². The predicted molar refractivity (Wildman–Crippen MR) is 65.2 cm³/mol. The highest BCUT2D eigenvalue weighted by molar-refractivity contribution is 5.62. The van der Waals surface area contributed by atoms with Gasteiger partial charge in [-0.3, -0.25) is 0 Å². The molecule has 2 heterocycles. The van der Waals surface area contributed by atoms with Gasteiger partial charge in [-0.2, -0.15) is 13.2 Å². The number of nitrogens with one attached hydrogen (secondary N) is 1. The molecule has 0 radical (unpaired) electrons. The summed E-state index contributed by atoms with van der Waals surface area (Å²) in [5.74, 6) is 0. The fraction of sp³-hybridized carbons (Fsp3) is 0.538. The van der Waals surface area contributed by atoms with Gasteiger partial charge in [-0.25, -0.2) is 0 Å². The zero-order chi connectivity index (χ0) is 13.6. The third-order valence-electron chi connectivity index (χ3n) is 3.90. The standard InChI is InChI=1S/C13H15F3N2O/c14-13(15,16)9-2-1-8-3-10-5-17-6-11(7-19)18(10)12(8)4-9/h1-2,4,10-11,17,19H,3,5-7H2/t10-,11?/m0/s1. The van der Waals surface area contributed by atoms with Gasteiger partial charge in [-0.1, -0.05) is 6.07 Å². The maximum absolute atomic E-state index is 12.8. The summed E-state index contributed by atoms with van der Waals surface area (Å²) in [5, 5.41) is 12.6. The first-order valence-corrected chi connectivity index (χ1v) is 6.30. The number of piperazine rings is 1. The van der Waals surface area contributed by atoms with Crippen LogP contribution in [0.2, 0.25) is 0 Å². The van der Waals surface area contributed by atoms with Crippen molar-refractivity contribution < 1.29 is 18.3 Å². The van der Waals surface area contributed by atoms with Crippen LogP contribution >= 0.6 is 0 Å². The van der Waals surface area contributed by atoms with Crippen molar-refractivity contribution in [3.05, 3.63) is 29.3 Å². The van der Waals surface area contributed by atoms with Gasteiger partial charge < -0.3 is 15.3 Å². The van der Waals surface area contributed by atoms with E-state index in [1.807, 2.05) is 4.90 Å². The summed E-state index contributed by atoms with van der Waals surface area (Å²) in [4.78, 5) is 1.95. The minimum atomic E-state index is -4.32. The molecule has 1 saturated heterocycles. The van der Waals surface area contributed by atoms with Crippen molar-refractivity contribution in [1.29, 1.82) is 0 Å². The van der Waals surface area contributed by atoms with Crippen molar-refractivity contribution in [2.24, 2.45) is 0 Å². The molecule has 1 aromatic rings. The topological polar surface area (TPSA) is 35.5 Å². The summed E-state index contributed by atoms with van der Waals surface area (Å²) in [6, 6.07) is 3.90. The number of anilines is 1. The van der Waals surface area contributed by atoms with Gasteiger partial charge in [0.15, 0.2) is 0 Å². The number of aliphatic hydroxyl groups excluding tert-OH is 1. The fourth-order valence-corrected chi connectivity index (χ4v) is 3.03. The van der Waals surface area contributed by atoms with Crippen LogP contribution in [0.4, 0.5) is 18.9 Å². The Balaban J connectivity index is 2.01. The Bertz CT molecular complexity index is 483. The molecule has 0 aliphatic carbocycles. The number of hydrogen-bond acceptors (Lipinski definition) is 3. The summed E-state index contributed by atoms with van der Waals surface area (Å²) in [7, 11) is 0. The first-order valence-electron chi connectivity index (χ1n) is 6.30. The fourth-order valence-electron chi connectivity index (χ4n) is 3.03. The van der Waals surface area contributed by atoms with Gasteiger partial charge in [0.2, 0.25) is 0 Å². The zero-order valence-corrected chi connectivity index (χ0v) is 10.2. The van der Waals surface area contributed by atoms with Crippen LogP contribution in [0.1, 0.15) is 11.1 Å². The normalized spacial score (nSPS) is 26.2. The average Bonchev–Trinajstić information content (AvgIpc) is 2.75. The van der Waals surface area contributed by atoms with Crippen molar-refractivity contribution in [1.82, 2.24) is 5.32 Å². The van der Waals surface area contributed by atoms with E-state index < -0.39 is 11.7 Å². The van der Waals surface area contributed by atoms with Crippen LogP contribution in [-0.2, 0) is 12.6 Å². The molecule has 3 nitrogen and oxygen atoms in total. The van der Waals surface area contributed by atoms with Gasteiger partial charge in [0.05, 0.1) is 18.2 Å². The summed E-state index contributed by atoms with van der Waals surface area (Å²) < 4.78 is 38.3. The lowest BCUT2D eigenvalue weighted by Gasteiger charge is -2.39. The minimum Gasteiger partial charge on any atom is -0.394 e. The number of benzene rings is 1. The van der Waals surface area contributed by atoms with Crippen LogP contribution in [0.15, 0.2) is 18.2 Å². The number of alkyl halides is 3. The van der Waals surface area contributed by atoms with E-state index in [0.29, 0.717) is 12.2 Å². The van der Waals surface area contributed by atoms with Crippen molar-refractivity contribution >= 4 is 5.69 Å². The molecular weight excluding hydrogens is 257 g/mol. The molecule has 19 heavy (non-hydrogen) atoms. The Morgan fingerprint density at radius 2 is 2.11 bits per heavy atom. The van der Waals surface area contributed by atoms with E-state index in [-0.39, 0.29) is 18.7 Å². The Kier molecular flexibility index (Phi) is 2.94. The van der Waals surface area contributed by atoms with Gasteiger partial charge in [0.25, 0.3) is 0 Å². The van der Waals surface area contributed by atoms with Crippen LogP contribution in [0.3, 0.4) is 0 Å². The van der Waals surface area contributed by atoms with Crippen molar-refractivity contribution in [3.8, 4) is 0 Å². The van der Waals surface area contributed by atoms with Crippen LogP contribution in [0.5, 0.6) is 0 Å². The molecule has 2 N–H and O–H groups in total. The maximum Gasteiger partial charge on any atom is 0.416 e. The third kappa shape index (κ3) is 2.08. The lowest BCUT2D eigenvalue weighted by atomic mass is 10.1. The molecule has 2 aliphatic heterocycles. The van der Waals surface area contributed by atoms with Crippen molar-refractivity contribution in [2.45, 2.75) is 24.7 Å². The van der Waals surface area contributed by atoms with Crippen LogP contribution < -0.4 is 10.2 Å². The molecule has 2 atom stereocenters. The van der Waals surface area contributed by atoms with E-state index in [4.69, 9.17) is 0 Å². The molecule has 0 amide bonds. The SMILES string of the molecule is OCC1CNC[C@@H]2Cc3ccc(C(F)(F)F)cc3N12. The Morgan fingerprint density at radius 3 is 2.79 bits per heavy atom. The summed E-state index contributed by atoms with van der Waals surface area (Å²) in [6.45, 7) is 1.29. The molecule has 0 saturated carbocycles. The maximum atomic E-state index is 12.8. The van der Waals surface area contributed by atoms with E-state index in [1.165, 1.54) is 6.07 Å². The highest BCUT2D eigenvalue weighted by Crippen LogP contribution is 2.39.